The molecule has 2 N–H and O–H groups in total. The second-order valence-electron chi connectivity index (χ2n) is 8.42. The van der Waals surface area contributed by atoms with Crippen LogP contribution < -0.4 is 19.7 Å². The van der Waals surface area contributed by atoms with Crippen molar-refractivity contribution in [1.29, 1.82) is 0 Å². The Morgan fingerprint density at radius 1 is 0.971 bits per heavy atom. The molecule has 3 aromatic carbocycles. The molecule has 0 saturated carbocycles. The molecule has 1 fully saturated rings. The molecule has 5 rings (SSSR count). The number of hydrogen-bond donors (Lipinski definition) is 2. The van der Waals surface area contributed by atoms with Crippen molar-refractivity contribution in [3.63, 3.8) is 0 Å². The van der Waals surface area contributed by atoms with Gasteiger partial charge in [0.1, 0.15) is 11.5 Å². The fourth-order valence-electron chi connectivity index (χ4n) is 4.62. The van der Waals surface area contributed by atoms with Crippen LogP contribution in [0.3, 0.4) is 0 Å². The zero-order valence-corrected chi connectivity index (χ0v) is 19.5. The monoisotopic (exact) mass is 470 g/mol. The average molecular weight is 471 g/mol. The lowest BCUT2D eigenvalue weighted by Gasteiger charge is -2.40. The van der Waals surface area contributed by atoms with E-state index in [1.54, 1.807) is 19.1 Å². The summed E-state index contributed by atoms with van der Waals surface area (Å²) in [5, 5.41) is 2.94. The van der Waals surface area contributed by atoms with Crippen molar-refractivity contribution in [2.24, 2.45) is 5.92 Å². The first kappa shape index (κ1) is 22.5. The van der Waals surface area contributed by atoms with Gasteiger partial charge in [-0.15, -0.1) is 0 Å². The van der Waals surface area contributed by atoms with Crippen molar-refractivity contribution in [3.8, 4) is 11.5 Å². The zero-order valence-electron chi connectivity index (χ0n) is 19.5. The molecule has 2 heterocycles. The Morgan fingerprint density at radius 3 is 2.29 bits per heavy atom. The summed E-state index contributed by atoms with van der Waals surface area (Å²) in [6.07, 6.45) is 0.686. The number of para-hydroxylation sites is 2. The summed E-state index contributed by atoms with van der Waals surface area (Å²) < 4.78 is 10.6. The second-order valence-corrected chi connectivity index (χ2v) is 8.42. The summed E-state index contributed by atoms with van der Waals surface area (Å²) in [6.45, 7) is 0. The van der Waals surface area contributed by atoms with E-state index in [-0.39, 0.29) is 18.2 Å². The van der Waals surface area contributed by atoms with Crippen LogP contribution in [0.25, 0.3) is 11.0 Å². The SMILES string of the molecule is COc1ccc(C2C(C(=O)Nc3nc4ccccc4[nH]3)CCC(=O)N2c2ccc(OC)cc2)cc1. The van der Waals surface area contributed by atoms with E-state index >= 15 is 0 Å². The Balaban J connectivity index is 1.51. The van der Waals surface area contributed by atoms with Crippen molar-refractivity contribution < 1.29 is 19.1 Å². The molecule has 1 aromatic heterocycles. The van der Waals surface area contributed by atoms with Crippen molar-refractivity contribution in [2.45, 2.75) is 18.9 Å². The van der Waals surface area contributed by atoms with E-state index in [1.807, 2.05) is 72.8 Å². The van der Waals surface area contributed by atoms with E-state index in [0.717, 1.165) is 16.6 Å². The number of H-pyrrole nitrogens is 1. The van der Waals surface area contributed by atoms with Gasteiger partial charge in [-0.2, -0.15) is 0 Å². The van der Waals surface area contributed by atoms with Crippen molar-refractivity contribution in [1.82, 2.24) is 9.97 Å². The molecule has 178 valence electrons. The molecule has 8 heteroatoms. The predicted molar refractivity (Wildman–Crippen MR) is 134 cm³/mol. The molecule has 1 aliphatic heterocycles. The van der Waals surface area contributed by atoms with Gasteiger partial charge in [-0.25, -0.2) is 4.98 Å². The third-order valence-corrected chi connectivity index (χ3v) is 6.37. The quantitative estimate of drug-likeness (QED) is 0.426. The number of fused-ring (bicyclic) bond motifs is 1. The zero-order chi connectivity index (χ0) is 24.4. The number of aromatic amines is 1. The molecule has 1 saturated heterocycles. The molecular formula is C27H26N4O4. The molecule has 0 aliphatic carbocycles. The van der Waals surface area contributed by atoms with Crippen LogP contribution in [0.4, 0.5) is 11.6 Å². The number of nitrogens with zero attached hydrogens (tertiary/aromatic N) is 2. The molecule has 2 atom stereocenters. The lowest BCUT2D eigenvalue weighted by molar-refractivity contribution is -0.126. The Hall–Kier alpha value is -4.33. The lowest BCUT2D eigenvalue weighted by Crippen LogP contribution is -2.47. The number of carbonyl (C=O) groups excluding carboxylic acids is 2. The summed E-state index contributed by atoms with van der Waals surface area (Å²) in [5.41, 5.74) is 3.17. The number of nitrogens with one attached hydrogen (secondary N) is 2. The van der Waals surface area contributed by atoms with Gasteiger partial charge in [-0.1, -0.05) is 24.3 Å². The first-order chi connectivity index (χ1) is 17.1. The Morgan fingerprint density at radius 2 is 1.63 bits per heavy atom. The molecule has 0 radical (unpaired) electrons. The van der Waals surface area contributed by atoms with Crippen LogP contribution >= 0.6 is 0 Å². The molecule has 0 spiro atoms. The van der Waals surface area contributed by atoms with Gasteiger partial charge in [0.05, 0.1) is 37.2 Å². The third kappa shape index (κ3) is 4.42. The van der Waals surface area contributed by atoms with Crippen LogP contribution in [0.1, 0.15) is 24.4 Å². The van der Waals surface area contributed by atoms with Gasteiger partial charge in [0.2, 0.25) is 17.8 Å². The van der Waals surface area contributed by atoms with Gasteiger partial charge in [0.25, 0.3) is 0 Å². The summed E-state index contributed by atoms with van der Waals surface area (Å²) in [6, 6.07) is 21.9. The fraction of sp³-hybridized carbons (Fsp3) is 0.222. The van der Waals surface area contributed by atoms with Gasteiger partial charge in [-0.3, -0.25) is 14.9 Å². The van der Waals surface area contributed by atoms with Crippen LogP contribution in [0.15, 0.2) is 72.8 Å². The number of methoxy groups -OCH3 is 2. The Labute approximate surface area is 202 Å². The largest absolute Gasteiger partial charge is 0.497 e. The third-order valence-electron chi connectivity index (χ3n) is 6.37. The highest BCUT2D eigenvalue weighted by atomic mass is 16.5. The van der Waals surface area contributed by atoms with Crippen LogP contribution in [-0.4, -0.2) is 36.0 Å². The van der Waals surface area contributed by atoms with E-state index in [4.69, 9.17) is 9.47 Å². The number of rotatable bonds is 6. The molecule has 1 aliphatic rings. The highest BCUT2D eigenvalue weighted by molar-refractivity contribution is 6.00. The number of imidazole rings is 1. The Bertz CT molecular complexity index is 1310. The maximum Gasteiger partial charge on any atom is 0.232 e. The number of amides is 2. The highest BCUT2D eigenvalue weighted by Crippen LogP contribution is 2.41. The van der Waals surface area contributed by atoms with E-state index < -0.39 is 12.0 Å². The summed E-state index contributed by atoms with van der Waals surface area (Å²) in [7, 11) is 3.20. The number of carbonyl (C=O) groups is 2. The van der Waals surface area contributed by atoms with Gasteiger partial charge in [-0.05, 0) is 60.5 Å². The molecule has 2 unspecified atom stereocenters. The minimum absolute atomic E-state index is 0.0382. The average Bonchev–Trinajstić information content (AvgIpc) is 3.31. The summed E-state index contributed by atoms with van der Waals surface area (Å²) >= 11 is 0. The summed E-state index contributed by atoms with van der Waals surface area (Å²) in [5.74, 6) is 1.06. The molecule has 8 nitrogen and oxygen atoms in total. The van der Waals surface area contributed by atoms with Gasteiger partial charge in [0, 0.05) is 12.1 Å². The van der Waals surface area contributed by atoms with Gasteiger partial charge in [0.15, 0.2) is 0 Å². The maximum atomic E-state index is 13.6. The lowest BCUT2D eigenvalue weighted by atomic mass is 9.83. The standard InChI is InChI=1S/C27H26N4O4/c1-34-19-11-7-17(8-12-19)25-21(26(33)30-27-28-22-5-3-4-6-23(22)29-27)15-16-24(32)31(25)18-9-13-20(35-2)14-10-18/h3-14,21,25H,15-16H2,1-2H3,(H2,28,29,30,33). The highest BCUT2D eigenvalue weighted by Gasteiger charge is 2.41. The van der Waals surface area contributed by atoms with E-state index in [1.165, 1.54) is 0 Å². The smallest absolute Gasteiger partial charge is 0.232 e. The molecule has 0 bridgehead atoms. The minimum atomic E-state index is -0.500. The predicted octanol–water partition coefficient (Wildman–Crippen LogP) is 4.70. The number of ether oxygens (including phenoxy) is 2. The number of piperidine rings is 1. The van der Waals surface area contributed by atoms with Crippen molar-refractivity contribution in [3.05, 3.63) is 78.4 Å². The van der Waals surface area contributed by atoms with Crippen molar-refractivity contribution >= 4 is 34.5 Å². The second kappa shape index (κ2) is 9.50. The minimum Gasteiger partial charge on any atom is -0.497 e. The molecule has 35 heavy (non-hydrogen) atoms. The van der Waals surface area contributed by atoms with E-state index in [0.29, 0.717) is 29.6 Å². The summed E-state index contributed by atoms with van der Waals surface area (Å²) in [4.78, 5) is 36.1. The Kier molecular flexibility index (Phi) is 6.10. The van der Waals surface area contributed by atoms with Crippen LogP contribution in [-0.2, 0) is 9.59 Å². The molecule has 4 aromatic rings. The first-order valence-electron chi connectivity index (χ1n) is 11.4. The van der Waals surface area contributed by atoms with Crippen LogP contribution in [0.5, 0.6) is 11.5 Å². The topological polar surface area (TPSA) is 96.5 Å². The van der Waals surface area contributed by atoms with Crippen molar-refractivity contribution in [2.75, 3.05) is 24.4 Å². The number of benzene rings is 3. The van der Waals surface area contributed by atoms with Gasteiger partial charge < -0.3 is 19.4 Å². The van der Waals surface area contributed by atoms with E-state index in [9.17, 15) is 9.59 Å². The molecule has 2 amide bonds. The normalized spacial score (nSPS) is 17.9. The van der Waals surface area contributed by atoms with Crippen LogP contribution in [0, 0.1) is 5.92 Å². The van der Waals surface area contributed by atoms with E-state index in [2.05, 4.69) is 15.3 Å². The number of hydrogen-bond acceptors (Lipinski definition) is 5. The van der Waals surface area contributed by atoms with Gasteiger partial charge >= 0.3 is 0 Å². The maximum absolute atomic E-state index is 13.6. The number of anilines is 2. The van der Waals surface area contributed by atoms with Crippen LogP contribution in [0.2, 0.25) is 0 Å². The number of aromatic nitrogens is 2. The molecular weight excluding hydrogens is 444 g/mol. The fourth-order valence-corrected chi connectivity index (χ4v) is 4.62. The first-order valence-corrected chi connectivity index (χ1v) is 11.4.